The molecule has 0 aliphatic rings. The molecule has 2 aromatic heterocycles. The minimum atomic E-state index is -3.73. The predicted molar refractivity (Wildman–Crippen MR) is 66.0 cm³/mol. The molecule has 0 saturated carbocycles. The van der Waals surface area contributed by atoms with Gasteiger partial charge in [-0.15, -0.1) is 0 Å². The van der Waals surface area contributed by atoms with E-state index in [1.54, 1.807) is 6.92 Å². The average Bonchev–Trinajstić information content (AvgIpc) is 2.62. The lowest BCUT2D eigenvalue weighted by Crippen LogP contribution is -2.14. The van der Waals surface area contributed by atoms with Gasteiger partial charge < -0.3 is 4.52 Å². The lowest BCUT2D eigenvalue weighted by atomic mass is 10.4. The lowest BCUT2D eigenvalue weighted by molar-refractivity contribution is 0.390. The van der Waals surface area contributed by atoms with Crippen LogP contribution >= 0.6 is 11.6 Å². The fourth-order valence-corrected chi connectivity index (χ4v) is 2.99. The van der Waals surface area contributed by atoms with Crippen molar-refractivity contribution < 1.29 is 12.9 Å². The minimum Gasteiger partial charge on any atom is -0.360 e. The molecule has 6 nitrogen and oxygen atoms in total. The molecule has 0 aromatic carbocycles. The number of nitrogens with one attached hydrogen (secondary N) is 1. The van der Waals surface area contributed by atoms with Crippen LogP contribution in [0.15, 0.2) is 27.7 Å². The molecule has 2 heterocycles. The van der Waals surface area contributed by atoms with Crippen molar-refractivity contribution in [3.63, 3.8) is 0 Å². The molecule has 8 heteroatoms. The minimum absolute atomic E-state index is 0.0393. The van der Waals surface area contributed by atoms with E-state index in [4.69, 9.17) is 16.1 Å². The smallest absolute Gasteiger partial charge is 0.267 e. The van der Waals surface area contributed by atoms with Crippen molar-refractivity contribution in [1.29, 1.82) is 0 Å². The van der Waals surface area contributed by atoms with E-state index in [-0.39, 0.29) is 15.8 Å². The van der Waals surface area contributed by atoms with Crippen molar-refractivity contribution in [3.05, 3.63) is 34.9 Å². The molecule has 0 aliphatic carbocycles. The molecule has 1 N–H and O–H groups in total. The maximum Gasteiger partial charge on any atom is 0.267 e. The average molecular weight is 288 g/mol. The molecular formula is C10H10ClN3O3S. The Bertz CT molecular complexity index is 645. The number of anilines is 1. The highest BCUT2D eigenvalue weighted by Gasteiger charge is 2.24. The summed E-state index contributed by atoms with van der Waals surface area (Å²) in [7, 11) is -3.73. The van der Waals surface area contributed by atoms with Crippen LogP contribution in [0.5, 0.6) is 0 Å². The Kier molecular flexibility index (Phi) is 3.27. The summed E-state index contributed by atoms with van der Waals surface area (Å²) in [6.07, 6.45) is 1.33. The number of nitrogens with zero attached hydrogens (tertiary/aromatic N) is 2. The Labute approximate surface area is 109 Å². The second kappa shape index (κ2) is 4.58. The Hall–Kier alpha value is -1.60. The number of aryl methyl sites for hydroxylation is 2. The van der Waals surface area contributed by atoms with Gasteiger partial charge in [-0.3, -0.25) is 4.72 Å². The molecule has 0 atom stereocenters. The molecule has 0 bridgehead atoms. The first-order chi connectivity index (χ1) is 8.40. The van der Waals surface area contributed by atoms with Gasteiger partial charge in [0.05, 0.1) is 11.9 Å². The van der Waals surface area contributed by atoms with Gasteiger partial charge in [0, 0.05) is 0 Å². The second-order valence-electron chi connectivity index (χ2n) is 3.63. The third kappa shape index (κ3) is 2.46. The van der Waals surface area contributed by atoms with E-state index in [1.807, 2.05) is 0 Å². The number of halogens is 1. The van der Waals surface area contributed by atoms with Gasteiger partial charge in [0.1, 0.15) is 10.8 Å². The molecule has 96 valence electrons. The molecular weight excluding hydrogens is 278 g/mol. The zero-order chi connectivity index (χ0) is 13.3. The van der Waals surface area contributed by atoms with Crippen LogP contribution in [0.4, 0.5) is 5.69 Å². The number of pyridine rings is 1. The van der Waals surface area contributed by atoms with Crippen molar-refractivity contribution in [1.82, 2.24) is 10.1 Å². The van der Waals surface area contributed by atoms with Gasteiger partial charge in [0.25, 0.3) is 10.0 Å². The van der Waals surface area contributed by atoms with E-state index in [9.17, 15) is 8.42 Å². The third-order valence-electron chi connectivity index (χ3n) is 2.22. The SMILES string of the molecule is Cc1noc(C)c1S(=O)(=O)Nc1ccc(Cl)nc1. The molecule has 2 rings (SSSR count). The molecule has 0 radical (unpaired) electrons. The maximum atomic E-state index is 12.1. The standard InChI is InChI=1S/C10H10ClN3O3S/c1-6-10(7(2)17-13-6)18(15,16)14-8-3-4-9(11)12-5-8/h3-5,14H,1-2H3. The van der Waals surface area contributed by atoms with Crippen molar-refractivity contribution >= 4 is 27.3 Å². The van der Waals surface area contributed by atoms with Gasteiger partial charge in [0.2, 0.25) is 0 Å². The van der Waals surface area contributed by atoms with Crippen LogP contribution in [0.1, 0.15) is 11.5 Å². The van der Waals surface area contributed by atoms with E-state index >= 15 is 0 Å². The van der Waals surface area contributed by atoms with Gasteiger partial charge in [0.15, 0.2) is 10.7 Å². The maximum absolute atomic E-state index is 12.1. The number of aromatic nitrogens is 2. The number of hydrogen-bond acceptors (Lipinski definition) is 5. The highest BCUT2D eigenvalue weighted by Crippen LogP contribution is 2.22. The summed E-state index contributed by atoms with van der Waals surface area (Å²) in [4.78, 5) is 3.83. The highest BCUT2D eigenvalue weighted by atomic mass is 35.5. The Balaban J connectivity index is 2.36. The van der Waals surface area contributed by atoms with E-state index in [2.05, 4.69) is 14.9 Å². The molecule has 2 aromatic rings. The van der Waals surface area contributed by atoms with Gasteiger partial charge in [-0.05, 0) is 26.0 Å². The molecule has 0 amide bonds. The predicted octanol–water partition coefficient (Wildman–Crippen LogP) is 2.14. The first-order valence-electron chi connectivity index (χ1n) is 4.97. The molecule has 0 fully saturated rings. The first-order valence-corrected chi connectivity index (χ1v) is 6.83. The van der Waals surface area contributed by atoms with Crippen molar-refractivity contribution in [3.8, 4) is 0 Å². The molecule has 0 saturated heterocycles. The summed E-state index contributed by atoms with van der Waals surface area (Å²) < 4.78 is 31.4. The quantitative estimate of drug-likeness (QED) is 0.874. The summed E-state index contributed by atoms with van der Waals surface area (Å²) in [5.41, 5.74) is 0.626. The van der Waals surface area contributed by atoms with Crippen LogP contribution < -0.4 is 4.72 Å². The van der Waals surface area contributed by atoms with Crippen LogP contribution in [0, 0.1) is 13.8 Å². The summed E-state index contributed by atoms with van der Waals surface area (Å²) in [5, 5.41) is 3.89. The van der Waals surface area contributed by atoms with Crippen LogP contribution in [0.25, 0.3) is 0 Å². The lowest BCUT2D eigenvalue weighted by Gasteiger charge is -2.06. The second-order valence-corrected chi connectivity index (χ2v) is 5.63. The van der Waals surface area contributed by atoms with Crippen molar-refractivity contribution in [2.75, 3.05) is 4.72 Å². The largest absolute Gasteiger partial charge is 0.360 e. The molecule has 0 spiro atoms. The first kappa shape index (κ1) is 12.8. The van der Waals surface area contributed by atoms with E-state index in [0.29, 0.717) is 11.4 Å². The van der Waals surface area contributed by atoms with Crippen molar-refractivity contribution in [2.45, 2.75) is 18.7 Å². The zero-order valence-electron chi connectivity index (χ0n) is 9.64. The van der Waals surface area contributed by atoms with Crippen LogP contribution in [-0.4, -0.2) is 18.6 Å². The molecule has 0 unspecified atom stereocenters. The topological polar surface area (TPSA) is 85.1 Å². The van der Waals surface area contributed by atoms with Gasteiger partial charge in [-0.2, -0.15) is 0 Å². The Morgan fingerprint density at radius 1 is 1.33 bits per heavy atom. The van der Waals surface area contributed by atoms with Crippen LogP contribution in [-0.2, 0) is 10.0 Å². The van der Waals surface area contributed by atoms with E-state index in [1.165, 1.54) is 25.3 Å². The van der Waals surface area contributed by atoms with E-state index < -0.39 is 10.0 Å². The molecule has 0 aliphatic heterocycles. The number of rotatable bonds is 3. The summed E-state index contributed by atoms with van der Waals surface area (Å²) in [6, 6.07) is 3.01. The van der Waals surface area contributed by atoms with Gasteiger partial charge >= 0.3 is 0 Å². The normalized spacial score (nSPS) is 11.5. The van der Waals surface area contributed by atoms with Crippen LogP contribution in [0.3, 0.4) is 0 Å². The number of hydrogen-bond donors (Lipinski definition) is 1. The summed E-state index contributed by atoms with van der Waals surface area (Å²) in [5.74, 6) is 0.238. The Morgan fingerprint density at radius 3 is 2.56 bits per heavy atom. The summed E-state index contributed by atoms with van der Waals surface area (Å²) in [6.45, 7) is 3.10. The van der Waals surface area contributed by atoms with E-state index in [0.717, 1.165) is 0 Å². The highest BCUT2D eigenvalue weighted by molar-refractivity contribution is 7.92. The summed E-state index contributed by atoms with van der Waals surface area (Å²) >= 11 is 5.62. The Morgan fingerprint density at radius 2 is 2.06 bits per heavy atom. The fraction of sp³-hybridized carbons (Fsp3) is 0.200. The number of sulfonamides is 1. The van der Waals surface area contributed by atoms with Crippen LogP contribution in [0.2, 0.25) is 5.15 Å². The van der Waals surface area contributed by atoms with Crippen molar-refractivity contribution in [2.24, 2.45) is 0 Å². The molecule has 18 heavy (non-hydrogen) atoms. The monoisotopic (exact) mass is 287 g/mol. The van der Waals surface area contributed by atoms with Gasteiger partial charge in [-0.25, -0.2) is 13.4 Å². The fourth-order valence-electron chi connectivity index (χ4n) is 1.50. The van der Waals surface area contributed by atoms with Gasteiger partial charge in [-0.1, -0.05) is 16.8 Å². The third-order valence-corrected chi connectivity index (χ3v) is 4.06. The zero-order valence-corrected chi connectivity index (χ0v) is 11.2.